The summed E-state index contributed by atoms with van der Waals surface area (Å²) in [5.74, 6) is -0.0260. The first-order valence-corrected chi connectivity index (χ1v) is 8.42. The van der Waals surface area contributed by atoms with Crippen molar-refractivity contribution < 1.29 is 19.6 Å². The quantitative estimate of drug-likeness (QED) is 0.745. The molecule has 0 saturated carbocycles. The summed E-state index contributed by atoms with van der Waals surface area (Å²) in [4.78, 5) is 14.1. The SMILES string of the molecule is CCN(CC)C(=O)c1ccc(B(O)OC(C)(C)C(C)(C)O)c(C)c1. The Hall–Kier alpha value is -1.37. The molecular weight excluding hydrogens is 305 g/mol. The predicted molar refractivity (Wildman–Crippen MR) is 97.5 cm³/mol. The third-order valence-electron chi connectivity index (χ3n) is 4.71. The molecule has 1 rings (SSSR count). The molecule has 0 saturated heterocycles. The van der Waals surface area contributed by atoms with Gasteiger partial charge in [-0.05, 0) is 66.1 Å². The molecule has 0 radical (unpaired) electrons. The zero-order valence-corrected chi connectivity index (χ0v) is 15.9. The van der Waals surface area contributed by atoms with Gasteiger partial charge in [-0.3, -0.25) is 4.79 Å². The highest BCUT2D eigenvalue weighted by Gasteiger charge is 2.39. The number of aliphatic hydroxyl groups is 1. The zero-order chi connectivity index (χ0) is 18.7. The molecule has 134 valence electrons. The van der Waals surface area contributed by atoms with Crippen molar-refractivity contribution in [2.24, 2.45) is 0 Å². The Morgan fingerprint density at radius 1 is 1.21 bits per heavy atom. The maximum atomic E-state index is 12.4. The Morgan fingerprint density at radius 3 is 2.17 bits per heavy atom. The first-order valence-electron chi connectivity index (χ1n) is 8.42. The highest BCUT2D eigenvalue weighted by molar-refractivity contribution is 6.60. The number of hydrogen-bond acceptors (Lipinski definition) is 4. The standard InChI is InChI=1S/C18H30BNO4/c1-8-20(9-2)16(21)14-10-11-15(13(3)12-14)19(23)24-18(6,7)17(4,5)22/h10-12,22-23H,8-9H2,1-7H3. The van der Waals surface area contributed by atoms with Crippen molar-refractivity contribution in [2.45, 2.75) is 59.7 Å². The third-order valence-corrected chi connectivity index (χ3v) is 4.71. The normalized spacial score (nSPS) is 12.2. The lowest BCUT2D eigenvalue weighted by molar-refractivity contribution is -0.0982. The molecule has 0 unspecified atom stereocenters. The van der Waals surface area contributed by atoms with Crippen LogP contribution < -0.4 is 5.46 Å². The second kappa shape index (κ2) is 7.68. The highest BCUT2D eigenvalue weighted by atomic mass is 16.5. The molecule has 2 N–H and O–H groups in total. The maximum Gasteiger partial charge on any atom is 0.491 e. The van der Waals surface area contributed by atoms with Crippen LogP contribution in [0, 0.1) is 6.92 Å². The minimum absolute atomic E-state index is 0.0260. The van der Waals surface area contributed by atoms with E-state index in [-0.39, 0.29) is 5.91 Å². The van der Waals surface area contributed by atoms with Crippen LogP contribution in [0.2, 0.25) is 0 Å². The fourth-order valence-corrected chi connectivity index (χ4v) is 2.27. The number of nitrogens with zero attached hydrogens (tertiary/aromatic N) is 1. The average Bonchev–Trinajstić information content (AvgIpc) is 2.46. The molecule has 0 aliphatic carbocycles. The summed E-state index contributed by atoms with van der Waals surface area (Å²) < 4.78 is 5.67. The first kappa shape index (κ1) is 20.7. The van der Waals surface area contributed by atoms with Crippen LogP contribution in [-0.4, -0.2) is 52.3 Å². The van der Waals surface area contributed by atoms with Crippen molar-refractivity contribution >= 4 is 18.5 Å². The van der Waals surface area contributed by atoms with E-state index in [9.17, 15) is 14.9 Å². The highest BCUT2D eigenvalue weighted by Crippen LogP contribution is 2.25. The zero-order valence-electron chi connectivity index (χ0n) is 15.9. The largest absolute Gasteiger partial charge is 0.491 e. The van der Waals surface area contributed by atoms with Crippen LogP contribution in [0.5, 0.6) is 0 Å². The van der Waals surface area contributed by atoms with Gasteiger partial charge in [0.15, 0.2) is 0 Å². The molecule has 5 nitrogen and oxygen atoms in total. The number of aryl methyl sites for hydroxylation is 1. The van der Waals surface area contributed by atoms with Crippen molar-refractivity contribution in [2.75, 3.05) is 13.1 Å². The summed E-state index contributed by atoms with van der Waals surface area (Å²) in [6.45, 7) is 13.8. The summed E-state index contributed by atoms with van der Waals surface area (Å²) in [6.07, 6.45) is 0. The second-order valence-electron chi connectivity index (χ2n) is 7.09. The van der Waals surface area contributed by atoms with Gasteiger partial charge in [-0.2, -0.15) is 0 Å². The summed E-state index contributed by atoms with van der Waals surface area (Å²) in [7, 11) is -1.18. The van der Waals surface area contributed by atoms with E-state index < -0.39 is 18.3 Å². The molecule has 0 fully saturated rings. The van der Waals surface area contributed by atoms with Gasteiger partial charge in [0.25, 0.3) is 5.91 Å². The second-order valence-corrected chi connectivity index (χ2v) is 7.09. The van der Waals surface area contributed by atoms with Crippen LogP contribution in [0.3, 0.4) is 0 Å². The van der Waals surface area contributed by atoms with Crippen LogP contribution in [0.25, 0.3) is 0 Å². The molecule has 1 aromatic carbocycles. The van der Waals surface area contributed by atoms with Crippen LogP contribution in [0.1, 0.15) is 57.5 Å². The van der Waals surface area contributed by atoms with Crippen LogP contribution in [0.15, 0.2) is 18.2 Å². The Bertz CT molecular complexity index is 577. The number of benzene rings is 1. The molecule has 24 heavy (non-hydrogen) atoms. The fraction of sp³-hybridized carbons (Fsp3) is 0.611. The monoisotopic (exact) mass is 335 g/mol. The Kier molecular flexibility index (Phi) is 6.62. The van der Waals surface area contributed by atoms with Crippen molar-refractivity contribution in [1.82, 2.24) is 4.90 Å². The molecule has 0 spiro atoms. The van der Waals surface area contributed by atoms with Gasteiger partial charge >= 0.3 is 7.12 Å². The lowest BCUT2D eigenvalue weighted by Gasteiger charge is -2.38. The topological polar surface area (TPSA) is 70.0 Å². The molecule has 0 aliphatic rings. The molecule has 0 aliphatic heterocycles. The average molecular weight is 335 g/mol. The van der Waals surface area contributed by atoms with Gasteiger partial charge in [0.1, 0.15) is 0 Å². The van der Waals surface area contributed by atoms with E-state index in [0.29, 0.717) is 24.1 Å². The first-order chi connectivity index (χ1) is 10.9. The molecule has 0 bridgehead atoms. The van der Waals surface area contributed by atoms with E-state index in [4.69, 9.17) is 4.65 Å². The van der Waals surface area contributed by atoms with Gasteiger partial charge in [-0.25, -0.2) is 0 Å². The van der Waals surface area contributed by atoms with Gasteiger partial charge in [0, 0.05) is 18.7 Å². The molecule has 1 aromatic rings. The number of rotatable bonds is 7. The number of hydrogen-bond donors (Lipinski definition) is 2. The number of amides is 1. The molecular formula is C18H30BNO4. The van der Waals surface area contributed by atoms with E-state index >= 15 is 0 Å². The van der Waals surface area contributed by atoms with E-state index in [2.05, 4.69) is 0 Å². The lowest BCUT2D eigenvalue weighted by Crippen LogP contribution is -2.53. The predicted octanol–water partition coefficient (Wildman–Crippen LogP) is 1.73. The van der Waals surface area contributed by atoms with Gasteiger partial charge < -0.3 is 19.7 Å². The van der Waals surface area contributed by atoms with Crippen molar-refractivity contribution in [1.29, 1.82) is 0 Å². The number of carbonyl (C=O) groups is 1. The minimum Gasteiger partial charge on any atom is -0.423 e. The molecule has 0 heterocycles. The summed E-state index contributed by atoms with van der Waals surface area (Å²) in [5, 5.41) is 20.6. The van der Waals surface area contributed by atoms with E-state index in [0.717, 1.165) is 5.56 Å². The maximum absolute atomic E-state index is 12.4. The van der Waals surface area contributed by atoms with Crippen molar-refractivity contribution in [3.63, 3.8) is 0 Å². The van der Waals surface area contributed by atoms with E-state index in [1.807, 2.05) is 20.8 Å². The Labute approximate surface area is 145 Å². The molecule has 1 amide bonds. The van der Waals surface area contributed by atoms with Gasteiger partial charge in [0.05, 0.1) is 11.2 Å². The molecule has 0 atom stereocenters. The lowest BCUT2D eigenvalue weighted by atomic mass is 9.74. The summed E-state index contributed by atoms with van der Waals surface area (Å²) in [5.41, 5.74) is -0.0980. The summed E-state index contributed by atoms with van der Waals surface area (Å²) >= 11 is 0. The van der Waals surface area contributed by atoms with Crippen LogP contribution >= 0.6 is 0 Å². The van der Waals surface area contributed by atoms with E-state index in [1.54, 1.807) is 50.8 Å². The van der Waals surface area contributed by atoms with Gasteiger partial charge in [-0.1, -0.05) is 11.6 Å². The smallest absolute Gasteiger partial charge is 0.423 e. The third kappa shape index (κ3) is 4.59. The van der Waals surface area contributed by atoms with Gasteiger partial charge in [0.2, 0.25) is 0 Å². The van der Waals surface area contributed by atoms with Crippen LogP contribution in [0.4, 0.5) is 0 Å². The Morgan fingerprint density at radius 2 is 1.75 bits per heavy atom. The van der Waals surface area contributed by atoms with Crippen LogP contribution in [-0.2, 0) is 4.65 Å². The summed E-state index contributed by atoms with van der Waals surface area (Å²) in [6, 6.07) is 5.17. The fourth-order valence-electron chi connectivity index (χ4n) is 2.27. The van der Waals surface area contributed by atoms with E-state index in [1.165, 1.54) is 0 Å². The van der Waals surface area contributed by atoms with Crippen molar-refractivity contribution in [3.05, 3.63) is 29.3 Å². The number of carbonyl (C=O) groups excluding carboxylic acids is 1. The molecule has 6 heteroatoms. The van der Waals surface area contributed by atoms with Gasteiger partial charge in [-0.15, -0.1) is 0 Å². The Balaban J connectivity index is 3.02. The van der Waals surface area contributed by atoms with Crippen molar-refractivity contribution in [3.8, 4) is 0 Å². The molecule has 0 aromatic heterocycles. The minimum atomic E-state index is -1.18.